The van der Waals surface area contributed by atoms with Crippen LogP contribution in [0.1, 0.15) is 36.8 Å². The molecule has 2 aliphatic rings. The summed E-state index contributed by atoms with van der Waals surface area (Å²) in [4.78, 5) is 14.4. The minimum Gasteiger partial charge on any atom is -0.341 e. The summed E-state index contributed by atoms with van der Waals surface area (Å²) in [6.07, 6.45) is 5.16. The summed E-state index contributed by atoms with van der Waals surface area (Å²) in [7, 11) is 1.93. The molecular formula is C17H24N2O. The van der Waals surface area contributed by atoms with Crippen molar-refractivity contribution < 1.29 is 4.79 Å². The van der Waals surface area contributed by atoms with Gasteiger partial charge in [0.2, 0.25) is 5.91 Å². The molecule has 2 saturated carbocycles. The lowest BCUT2D eigenvalue weighted by molar-refractivity contribution is -0.132. The number of fused-ring (bicyclic) bond motifs is 1. The van der Waals surface area contributed by atoms with Crippen molar-refractivity contribution in [2.75, 3.05) is 7.05 Å². The summed E-state index contributed by atoms with van der Waals surface area (Å²) in [6, 6.07) is 8.24. The second-order valence-corrected chi connectivity index (χ2v) is 6.35. The molecule has 2 fully saturated rings. The van der Waals surface area contributed by atoms with Crippen molar-refractivity contribution in [3.05, 3.63) is 35.4 Å². The largest absolute Gasteiger partial charge is 0.341 e. The molecule has 0 radical (unpaired) electrons. The number of benzene rings is 1. The van der Waals surface area contributed by atoms with Crippen molar-refractivity contribution in [3.8, 4) is 0 Å². The van der Waals surface area contributed by atoms with E-state index in [2.05, 4.69) is 12.1 Å². The van der Waals surface area contributed by atoms with E-state index in [0.717, 1.165) is 5.56 Å². The fourth-order valence-electron chi connectivity index (χ4n) is 3.75. The Morgan fingerprint density at radius 3 is 2.25 bits per heavy atom. The Labute approximate surface area is 121 Å². The van der Waals surface area contributed by atoms with Crippen LogP contribution in [0.15, 0.2) is 24.3 Å². The molecule has 0 aromatic heterocycles. The van der Waals surface area contributed by atoms with Crippen LogP contribution < -0.4 is 5.73 Å². The van der Waals surface area contributed by atoms with Gasteiger partial charge < -0.3 is 10.6 Å². The molecule has 20 heavy (non-hydrogen) atoms. The summed E-state index contributed by atoms with van der Waals surface area (Å²) in [6.45, 7) is 1.28. The van der Waals surface area contributed by atoms with Crippen molar-refractivity contribution in [1.29, 1.82) is 0 Å². The molecule has 108 valence electrons. The van der Waals surface area contributed by atoms with Crippen LogP contribution in [0, 0.1) is 17.8 Å². The number of hydrogen-bond acceptors (Lipinski definition) is 2. The summed E-state index contributed by atoms with van der Waals surface area (Å²) < 4.78 is 0. The Morgan fingerprint density at radius 1 is 1.15 bits per heavy atom. The molecule has 3 nitrogen and oxygen atoms in total. The van der Waals surface area contributed by atoms with E-state index in [9.17, 15) is 4.79 Å². The summed E-state index contributed by atoms with van der Waals surface area (Å²) >= 11 is 0. The zero-order valence-electron chi connectivity index (χ0n) is 12.2. The van der Waals surface area contributed by atoms with Crippen LogP contribution in [0.4, 0.5) is 0 Å². The van der Waals surface area contributed by atoms with Crippen molar-refractivity contribution in [2.45, 2.75) is 38.8 Å². The smallest absolute Gasteiger partial charge is 0.226 e. The van der Waals surface area contributed by atoms with E-state index >= 15 is 0 Å². The van der Waals surface area contributed by atoms with Gasteiger partial charge in [-0.15, -0.1) is 0 Å². The van der Waals surface area contributed by atoms with E-state index in [4.69, 9.17) is 5.73 Å². The topological polar surface area (TPSA) is 46.3 Å². The number of amides is 1. The molecule has 0 bridgehead atoms. The van der Waals surface area contributed by atoms with Crippen LogP contribution in [-0.2, 0) is 17.9 Å². The third-order valence-electron chi connectivity index (χ3n) is 5.00. The van der Waals surface area contributed by atoms with Gasteiger partial charge >= 0.3 is 0 Å². The molecule has 3 heteroatoms. The molecule has 2 unspecified atom stereocenters. The van der Waals surface area contributed by atoms with Gasteiger partial charge in [-0.25, -0.2) is 0 Å². The highest BCUT2D eigenvalue weighted by atomic mass is 16.2. The molecule has 3 rings (SSSR count). The highest BCUT2D eigenvalue weighted by molar-refractivity contribution is 5.82. The van der Waals surface area contributed by atoms with Gasteiger partial charge in [-0.3, -0.25) is 4.79 Å². The van der Waals surface area contributed by atoms with Gasteiger partial charge in [-0.2, -0.15) is 0 Å². The number of carbonyl (C=O) groups is 1. The van der Waals surface area contributed by atoms with Gasteiger partial charge in [0.05, 0.1) is 0 Å². The van der Waals surface area contributed by atoms with Gasteiger partial charge in [0, 0.05) is 26.1 Å². The van der Waals surface area contributed by atoms with Crippen molar-refractivity contribution in [3.63, 3.8) is 0 Å². The standard InChI is InChI=1S/C17H24N2O/c1-19(11-13-8-6-12(10-18)7-9-13)17(20)16-14-4-2-3-5-15(14)16/h6-9,14-16H,2-5,10-11,18H2,1H3. The van der Waals surface area contributed by atoms with Crippen molar-refractivity contribution in [1.82, 2.24) is 4.90 Å². The number of hydrogen-bond donors (Lipinski definition) is 1. The Hall–Kier alpha value is -1.35. The van der Waals surface area contributed by atoms with Gasteiger partial charge in [0.15, 0.2) is 0 Å². The van der Waals surface area contributed by atoms with E-state index in [1.54, 1.807) is 0 Å². The minimum atomic E-state index is 0.325. The van der Waals surface area contributed by atoms with E-state index in [1.807, 2.05) is 24.1 Å². The highest BCUT2D eigenvalue weighted by Gasteiger charge is 2.55. The third kappa shape index (κ3) is 2.59. The maximum atomic E-state index is 12.5. The Balaban J connectivity index is 1.58. The SMILES string of the molecule is CN(Cc1ccc(CN)cc1)C(=O)C1C2CCCCC21. The Kier molecular flexibility index (Phi) is 3.79. The number of carbonyl (C=O) groups excluding carboxylic acids is 1. The molecule has 1 aromatic carbocycles. The first-order valence-electron chi connectivity index (χ1n) is 7.73. The first kappa shape index (κ1) is 13.6. The second kappa shape index (κ2) is 5.57. The molecule has 2 aliphatic carbocycles. The molecule has 2 atom stereocenters. The molecule has 0 heterocycles. The number of nitrogens with two attached hydrogens (primary N) is 1. The highest BCUT2D eigenvalue weighted by Crippen LogP contribution is 2.56. The lowest BCUT2D eigenvalue weighted by Crippen LogP contribution is -2.28. The van der Waals surface area contributed by atoms with Crippen molar-refractivity contribution >= 4 is 5.91 Å². The molecular weight excluding hydrogens is 248 g/mol. The second-order valence-electron chi connectivity index (χ2n) is 6.35. The van der Waals surface area contributed by atoms with Gasteiger partial charge in [0.1, 0.15) is 0 Å². The maximum Gasteiger partial charge on any atom is 0.226 e. The summed E-state index contributed by atoms with van der Waals surface area (Å²) in [5, 5.41) is 0. The van der Waals surface area contributed by atoms with Crippen LogP contribution in [-0.4, -0.2) is 17.9 Å². The lowest BCUT2D eigenvalue weighted by Gasteiger charge is -2.17. The molecule has 0 aliphatic heterocycles. The van der Waals surface area contributed by atoms with E-state index < -0.39 is 0 Å². The fourth-order valence-corrected chi connectivity index (χ4v) is 3.75. The first-order chi connectivity index (χ1) is 9.70. The van der Waals surface area contributed by atoms with E-state index in [-0.39, 0.29) is 0 Å². The maximum absolute atomic E-state index is 12.5. The number of rotatable bonds is 4. The van der Waals surface area contributed by atoms with Crippen LogP contribution >= 0.6 is 0 Å². The number of nitrogens with zero attached hydrogens (tertiary/aromatic N) is 1. The van der Waals surface area contributed by atoms with E-state index in [0.29, 0.717) is 36.8 Å². The molecule has 1 amide bonds. The van der Waals surface area contributed by atoms with Crippen LogP contribution in [0.3, 0.4) is 0 Å². The molecule has 1 aromatic rings. The molecule has 0 saturated heterocycles. The van der Waals surface area contributed by atoms with Gasteiger partial charge in [-0.05, 0) is 35.8 Å². The normalized spacial score (nSPS) is 27.8. The lowest BCUT2D eigenvalue weighted by atomic mass is 10.0. The predicted molar refractivity (Wildman–Crippen MR) is 79.7 cm³/mol. The zero-order chi connectivity index (χ0) is 14.1. The molecule has 0 spiro atoms. The summed E-state index contributed by atoms with van der Waals surface area (Å²) in [5.41, 5.74) is 7.92. The first-order valence-corrected chi connectivity index (χ1v) is 7.73. The molecule has 2 N–H and O–H groups in total. The Morgan fingerprint density at radius 2 is 1.70 bits per heavy atom. The predicted octanol–water partition coefficient (Wildman–Crippen LogP) is 2.54. The Bertz CT molecular complexity index is 470. The van der Waals surface area contributed by atoms with Crippen LogP contribution in [0.2, 0.25) is 0 Å². The van der Waals surface area contributed by atoms with Gasteiger partial charge in [0.25, 0.3) is 0 Å². The van der Waals surface area contributed by atoms with Crippen LogP contribution in [0.5, 0.6) is 0 Å². The fraction of sp³-hybridized carbons (Fsp3) is 0.588. The monoisotopic (exact) mass is 272 g/mol. The third-order valence-corrected chi connectivity index (χ3v) is 5.00. The quantitative estimate of drug-likeness (QED) is 0.915. The average Bonchev–Trinajstić information content (AvgIpc) is 3.21. The van der Waals surface area contributed by atoms with Crippen LogP contribution in [0.25, 0.3) is 0 Å². The summed E-state index contributed by atoms with van der Waals surface area (Å²) in [5.74, 6) is 2.06. The van der Waals surface area contributed by atoms with E-state index in [1.165, 1.54) is 31.2 Å². The van der Waals surface area contributed by atoms with Crippen molar-refractivity contribution in [2.24, 2.45) is 23.5 Å². The van der Waals surface area contributed by atoms with Gasteiger partial charge in [-0.1, -0.05) is 37.1 Å². The minimum absolute atomic E-state index is 0.325. The average molecular weight is 272 g/mol. The zero-order valence-corrected chi connectivity index (χ0v) is 12.2.